The summed E-state index contributed by atoms with van der Waals surface area (Å²) < 4.78 is 15.1. The van der Waals surface area contributed by atoms with Gasteiger partial charge >= 0.3 is 0 Å². The van der Waals surface area contributed by atoms with Gasteiger partial charge in [0.15, 0.2) is 0 Å². The Labute approximate surface area is 275 Å². The number of fused-ring (bicyclic) bond motifs is 6. The van der Waals surface area contributed by atoms with Crippen LogP contribution in [0.2, 0.25) is 0 Å². The summed E-state index contributed by atoms with van der Waals surface area (Å²) in [6.45, 7) is 15.3. The Kier molecular flexibility index (Phi) is 6.55. The monoisotopic (exact) mass is 621 g/mol. The Morgan fingerprint density at radius 2 is 1.68 bits per heavy atom. The van der Waals surface area contributed by atoms with Crippen LogP contribution in [0.25, 0.3) is 27.8 Å². The van der Waals surface area contributed by atoms with E-state index in [2.05, 4.69) is 100 Å². The van der Waals surface area contributed by atoms with Gasteiger partial charge in [-0.3, -0.25) is 4.57 Å². The van der Waals surface area contributed by atoms with Crippen LogP contribution in [0.1, 0.15) is 81.1 Å². The minimum atomic E-state index is -0.222. The van der Waals surface area contributed by atoms with Crippen molar-refractivity contribution in [2.24, 2.45) is 4.99 Å². The molecule has 5 heterocycles. The molecule has 6 aromatic rings. The van der Waals surface area contributed by atoms with E-state index in [-0.39, 0.29) is 23.0 Å². The maximum atomic E-state index is 6.50. The number of aromatic nitrogens is 4. The maximum absolute atomic E-state index is 6.50. The number of benzene rings is 2. The lowest BCUT2D eigenvalue weighted by Gasteiger charge is -2.20. The largest absolute Gasteiger partial charge is 0.471 e. The lowest BCUT2D eigenvalue weighted by molar-refractivity contribution is 0.206. The molecule has 0 amide bonds. The molecule has 0 saturated carbocycles. The van der Waals surface area contributed by atoms with Crippen LogP contribution in [0.5, 0.6) is 11.6 Å². The molecule has 7 nitrogen and oxygen atoms in total. The minimum absolute atomic E-state index is 0.00673. The summed E-state index contributed by atoms with van der Waals surface area (Å²) in [7, 11) is 0. The summed E-state index contributed by atoms with van der Waals surface area (Å²) in [5, 5.41) is 2.23. The number of aliphatic imine (C=N–C) groups is 1. The zero-order valence-electron chi connectivity index (χ0n) is 28.0. The molecule has 0 radical (unpaired) electrons. The highest BCUT2D eigenvalue weighted by Gasteiger charge is 2.40. The highest BCUT2D eigenvalue weighted by molar-refractivity contribution is 6.08. The van der Waals surface area contributed by atoms with Crippen molar-refractivity contribution in [2.45, 2.75) is 77.9 Å². The van der Waals surface area contributed by atoms with Crippen molar-refractivity contribution in [1.82, 2.24) is 19.5 Å². The van der Waals surface area contributed by atoms with Gasteiger partial charge in [-0.2, -0.15) is 0 Å². The summed E-state index contributed by atoms with van der Waals surface area (Å²) in [6.07, 6.45) is 4.45. The fourth-order valence-electron chi connectivity index (χ4n) is 6.73. The molecule has 0 fully saturated rings. The van der Waals surface area contributed by atoms with Crippen LogP contribution >= 0.6 is 0 Å². The number of hydrogen-bond donors (Lipinski definition) is 0. The van der Waals surface area contributed by atoms with Gasteiger partial charge in [-0.15, -0.1) is 0 Å². The first-order chi connectivity index (χ1) is 22.4. The van der Waals surface area contributed by atoms with Crippen LogP contribution in [0, 0.1) is 6.92 Å². The predicted octanol–water partition coefficient (Wildman–Crippen LogP) is 9.11. The van der Waals surface area contributed by atoms with Crippen LogP contribution in [0.15, 0.2) is 90.2 Å². The normalized spacial score (nSPS) is 17.5. The van der Waals surface area contributed by atoms with E-state index >= 15 is 0 Å². The van der Waals surface area contributed by atoms with Crippen molar-refractivity contribution in [2.75, 3.05) is 0 Å². The molecule has 1 aliphatic heterocycles. The molecule has 2 atom stereocenters. The summed E-state index contributed by atoms with van der Waals surface area (Å²) in [5.74, 6) is 2.50. The quantitative estimate of drug-likeness (QED) is 0.196. The molecular formula is C40H39N5O2. The fourth-order valence-corrected chi connectivity index (χ4v) is 6.73. The summed E-state index contributed by atoms with van der Waals surface area (Å²) in [6, 6.07) is 25.2. The van der Waals surface area contributed by atoms with Crippen LogP contribution in [0.4, 0.5) is 0 Å². The Morgan fingerprint density at radius 3 is 2.49 bits per heavy atom. The second kappa shape index (κ2) is 10.5. The zero-order chi connectivity index (χ0) is 32.7. The highest BCUT2D eigenvalue weighted by Crippen LogP contribution is 2.43. The number of hydrogen-bond acceptors (Lipinski definition) is 6. The molecular weight excluding hydrogens is 582 g/mol. The Morgan fingerprint density at radius 1 is 0.830 bits per heavy atom. The van der Waals surface area contributed by atoms with Crippen LogP contribution in [0.3, 0.4) is 0 Å². The van der Waals surface area contributed by atoms with Gasteiger partial charge in [-0.05, 0) is 59.4 Å². The van der Waals surface area contributed by atoms with E-state index in [0.29, 0.717) is 17.5 Å². The minimum Gasteiger partial charge on any atom is -0.471 e. The first-order valence-electron chi connectivity index (χ1n) is 16.3. The number of nitrogens with zero attached hydrogens (tertiary/aromatic N) is 5. The van der Waals surface area contributed by atoms with E-state index in [1.807, 2.05) is 36.5 Å². The van der Waals surface area contributed by atoms with E-state index in [0.717, 1.165) is 45.4 Å². The third-order valence-electron chi connectivity index (χ3n) is 9.29. The molecule has 2 aromatic carbocycles. The number of ether oxygens (including phenoxy) is 2. The first-order valence-corrected chi connectivity index (χ1v) is 16.3. The zero-order valence-corrected chi connectivity index (χ0v) is 28.0. The molecule has 0 bridgehead atoms. The third kappa shape index (κ3) is 5.14. The van der Waals surface area contributed by atoms with Crippen molar-refractivity contribution in [1.29, 1.82) is 0 Å². The van der Waals surface area contributed by atoms with Gasteiger partial charge in [-0.25, -0.2) is 19.9 Å². The second-order valence-electron chi connectivity index (χ2n) is 14.9. The van der Waals surface area contributed by atoms with Gasteiger partial charge in [0.1, 0.15) is 29.4 Å². The second-order valence-corrected chi connectivity index (χ2v) is 14.9. The van der Waals surface area contributed by atoms with E-state index in [4.69, 9.17) is 24.4 Å². The Hall–Kier alpha value is -5.04. The lowest BCUT2D eigenvalue weighted by Crippen LogP contribution is -2.15. The SMILES string of the molecule is Cc1ccc2c(c1)c1cccnc1n2-c1cc(Oc2cc(C3=N[C@@H]4c5ccc(C(C)(C)C)cc5C[C@@H]4O3)ccn2)cc(C(C)(C)C)n1. The van der Waals surface area contributed by atoms with Crippen molar-refractivity contribution >= 4 is 27.8 Å². The number of rotatable bonds is 4. The predicted molar refractivity (Wildman–Crippen MR) is 187 cm³/mol. The number of pyridine rings is 3. The van der Waals surface area contributed by atoms with Crippen molar-refractivity contribution < 1.29 is 9.47 Å². The summed E-state index contributed by atoms with van der Waals surface area (Å²) in [5.41, 5.74) is 8.69. The highest BCUT2D eigenvalue weighted by atomic mass is 16.5. The van der Waals surface area contributed by atoms with Crippen molar-refractivity contribution in [3.8, 4) is 17.4 Å². The van der Waals surface area contributed by atoms with Gasteiger partial charge in [0, 0.05) is 58.8 Å². The molecule has 4 aromatic heterocycles. The van der Waals surface area contributed by atoms with Gasteiger partial charge < -0.3 is 9.47 Å². The van der Waals surface area contributed by atoms with Gasteiger partial charge in [0.05, 0.1) is 11.2 Å². The molecule has 47 heavy (non-hydrogen) atoms. The number of aryl methyl sites for hydroxylation is 1. The molecule has 0 unspecified atom stereocenters. The maximum Gasteiger partial charge on any atom is 0.219 e. The van der Waals surface area contributed by atoms with E-state index in [1.165, 1.54) is 22.3 Å². The van der Waals surface area contributed by atoms with E-state index in [1.54, 1.807) is 6.20 Å². The van der Waals surface area contributed by atoms with Gasteiger partial charge in [0.25, 0.3) is 0 Å². The van der Waals surface area contributed by atoms with Gasteiger partial charge in [0.2, 0.25) is 11.8 Å². The van der Waals surface area contributed by atoms with E-state index in [9.17, 15) is 0 Å². The third-order valence-corrected chi connectivity index (χ3v) is 9.29. The Bertz CT molecular complexity index is 2230. The smallest absolute Gasteiger partial charge is 0.219 e. The molecule has 1 aliphatic carbocycles. The van der Waals surface area contributed by atoms with E-state index < -0.39 is 0 Å². The lowest BCUT2D eigenvalue weighted by atomic mass is 9.85. The van der Waals surface area contributed by atoms with Gasteiger partial charge in [-0.1, -0.05) is 71.4 Å². The average Bonchev–Trinajstić information content (AvgIpc) is 3.69. The summed E-state index contributed by atoms with van der Waals surface area (Å²) in [4.78, 5) is 19.5. The molecule has 0 spiro atoms. The molecule has 0 saturated heterocycles. The fraction of sp³-hybridized carbons (Fsp3) is 0.300. The molecule has 8 rings (SSSR count). The van der Waals surface area contributed by atoms with Crippen LogP contribution in [-0.4, -0.2) is 31.5 Å². The standard InChI is InChI=1S/C40H39N5O2/c1-23-10-13-31-30(17-23)29-9-8-15-42-37(29)45(31)34-22-27(21-33(43-34)40(5,6)7)46-35-20-24(14-16-41-35)38-44-36-28-12-11-26(39(2,3)4)18-25(28)19-32(36)47-38/h8-18,20-22,32,36H,19H2,1-7H3/t32-,36+/m0/s1. The van der Waals surface area contributed by atoms with Crippen LogP contribution < -0.4 is 4.74 Å². The average molecular weight is 622 g/mol. The Balaban J connectivity index is 1.15. The van der Waals surface area contributed by atoms with Crippen molar-refractivity contribution in [3.05, 3.63) is 119 Å². The molecule has 236 valence electrons. The molecule has 7 heteroatoms. The summed E-state index contributed by atoms with van der Waals surface area (Å²) >= 11 is 0. The topological polar surface area (TPSA) is 74.4 Å². The molecule has 2 aliphatic rings. The van der Waals surface area contributed by atoms with Crippen LogP contribution in [-0.2, 0) is 22.0 Å². The van der Waals surface area contributed by atoms with Crippen molar-refractivity contribution in [3.63, 3.8) is 0 Å². The molecule has 0 N–H and O–H groups in total. The first kappa shape index (κ1) is 29.4.